The minimum Gasteiger partial charge on any atom is -0.369 e. The predicted molar refractivity (Wildman–Crippen MR) is 46.2 cm³/mol. The molecule has 0 amide bonds. The molecular weight excluding hydrogens is 138 g/mol. The summed E-state index contributed by atoms with van der Waals surface area (Å²) in [5.41, 5.74) is 5.57. The monoisotopic (exact) mass is 153 g/mol. The number of nitrogens with zero attached hydrogens (tertiary/aromatic N) is 2. The van der Waals surface area contributed by atoms with Crippen LogP contribution in [0.2, 0.25) is 0 Å². The van der Waals surface area contributed by atoms with Crippen LogP contribution in [-0.4, -0.2) is 9.55 Å². The van der Waals surface area contributed by atoms with E-state index in [2.05, 4.69) is 11.9 Å². The van der Waals surface area contributed by atoms with E-state index in [4.69, 9.17) is 5.73 Å². The largest absolute Gasteiger partial charge is 0.369 e. The van der Waals surface area contributed by atoms with Crippen LogP contribution in [-0.2, 0) is 6.54 Å². The molecule has 1 aromatic rings. The SMILES string of the molecule is CCCCCn1ccnc1N. The average Bonchev–Trinajstić information content (AvgIpc) is 2.37. The van der Waals surface area contributed by atoms with E-state index in [9.17, 15) is 0 Å². The first-order valence-electron chi connectivity index (χ1n) is 4.11. The third-order valence-corrected chi connectivity index (χ3v) is 1.75. The van der Waals surface area contributed by atoms with E-state index in [1.54, 1.807) is 6.20 Å². The van der Waals surface area contributed by atoms with Crippen molar-refractivity contribution in [2.75, 3.05) is 5.73 Å². The second-order valence-electron chi connectivity index (χ2n) is 2.69. The number of anilines is 1. The first-order chi connectivity index (χ1) is 5.34. The van der Waals surface area contributed by atoms with Crippen LogP contribution in [0, 0.1) is 0 Å². The fourth-order valence-corrected chi connectivity index (χ4v) is 1.06. The summed E-state index contributed by atoms with van der Waals surface area (Å²) < 4.78 is 1.98. The van der Waals surface area contributed by atoms with Crippen LogP contribution in [0.4, 0.5) is 5.95 Å². The molecule has 1 rings (SSSR count). The molecule has 1 heterocycles. The first kappa shape index (κ1) is 8.11. The smallest absolute Gasteiger partial charge is 0.200 e. The summed E-state index contributed by atoms with van der Waals surface area (Å²) in [6.07, 6.45) is 7.36. The second-order valence-corrected chi connectivity index (χ2v) is 2.69. The number of rotatable bonds is 4. The van der Waals surface area contributed by atoms with Crippen molar-refractivity contribution in [1.82, 2.24) is 9.55 Å². The molecule has 11 heavy (non-hydrogen) atoms. The number of aromatic nitrogens is 2. The molecule has 3 nitrogen and oxygen atoms in total. The highest BCUT2D eigenvalue weighted by molar-refractivity contribution is 5.16. The maximum atomic E-state index is 5.57. The number of hydrogen-bond acceptors (Lipinski definition) is 2. The molecule has 1 aromatic heterocycles. The van der Waals surface area contributed by atoms with Crippen molar-refractivity contribution in [1.29, 1.82) is 0 Å². The molecule has 0 unspecified atom stereocenters. The van der Waals surface area contributed by atoms with Crippen molar-refractivity contribution in [3.05, 3.63) is 12.4 Å². The van der Waals surface area contributed by atoms with Crippen molar-refractivity contribution >= 4 is 5.95 Å². The van der Waals surface area contributed by atoms with E-state index in [0.717, 1.165) is 6.54 Å². The van der Waals surface area contributed by atoms with Crippen LogP contribution in [0.1, 0.15) is 26.2 Å². The topological polar surface area (TPSA) is 43.8 Å². The Bertz CT molecular complexity index is 205. The average molecular weight is 153 g/mol. The fourth-order valence-electron chi connectivity index (χ4n) is 1.06. The van der Waals surface area contributed by atoms with Gasteiger partial charge >= 0.3 is 0 Å². The Hall–Kier alpha value is -0.990. The summed E-state index contributed by atoms with van der Waals surface area (Å²) in [4.78, 5) is 3.94. The van der Waals surface area contributed by atoms with Gasteiger partial charge in [-0.1, -0.05) is 19.8 Å². The lowest BCUT2D eigenvalue weighted by Gasteiger charge is -2.02. The Labute approximate surface area is 67.2 Å². The Balaban J connectivity index is 2.32. The molecule has 0 saturated heterocycles. The summed E-state index contributed by atoms with van der Waals surface area (Å²) in [5, 5.41) is 0. The number of hydrogen-bond donors (Lipinski definition) is 1. The molecule has 0 radical (unpaired) electrons. The molecule has 3 heteroatoms. The highest BCUT2D eigenvalue weighted by Gasteiger charge is 1.94. The zero-order valence-corrected chi connectivity index (χ0v) is 6.95. The molecule has 0 aliphatic carbocycles. The standard InChI is InChI=1S/C8H15N3/c1-2-3-4-6-11-7-5-10-8(11)9/h5,7H,2-4,6H2,1H3,(H2,9,10). The summed E-state index contributed by atoms with van der Waals surface area (Å²) in [6, 6.07) is 0. The van der Waals surface area contributed by atoms with E-state index in [1.807, 2.05) is 10.8 Å². The van der Waals surface area contributed by atoms with Crippen LogP contribution < -0.4 is 5.73 Å². The van der Waals surface area contributed by atoms with Crippen molar-refractivity contribution in [3.63, 3.8) is 0 Å². The van der Waals surface area contributed by atoms with E-state index < -0.39 is 0 Å². The zero-order chi connectivity index (χ0) is 8.10. The van der Waals surface area contributed by atoms with Crippen LogP contribution in [0.25, 0.3) is 0 Å². The minimum atomic E-state index is 0.626. The Morgan fingerprint density at radius 3 is 2.91 bits per heavy atom. The van der Waals surface area contributed by atoms with Gasteiger partial charge < -0.3 is 10.3 Å². The van der Waals surface area contributed by atoms with Crippen molar-refractivity contribution < 1.29 is 0 Å². The third kappa shape index (κ3) is 2.26. The van der Waals surface area contributed by atoms with Crippen molar-refractivity contribution in [2.45, 2.75) is 32.7 Å². The number of unbranched alkanes of at least 4 members (excludes halogenated alkanes) is 2. The molecule has 0 spiro atoms. The highest BCUT2D eigenvalue weighted by Crippen LogP contribution is 2.02. The van der Waals surface area contributed by atoms with Crippen LogP contribution >= 0.6 is 0 Å². The van der Waals surface area contributed by atoms with Gasteiger partial charge in [-0.15, -0.1) is 0 Å². The summed E-state index contributed by atoms with van der Waals surface area (Å²) in [7, 11) is 0. The Morgan fingerprint density at radius 1 is 1.55 bits per heavy atom. The fraction of sp³-hybridized carbons (Fsp3) is 0.625. The lowest BCUT2D eigenvalue weighted by atomic mass is 10.2. The number of nitrogens with two attached hydrogens (primary N) is 1. The molecule has 0 bridgehead atoms. The Kier molecular flexibility index (Phi) is 2.95. The predicted octanol–water partition coefficient (Wildman–Crippen LogP) is 1.66. The van der Waals surface area contributed by atoms with Gasteiger partial charge in [-0.2, -0.15) is 0 Å². The lowest BCUT2D eigenvalue weighted by molar-refractivity contribution is 0.608. The molecule has 62 valence electrons. The normalized spacial score (nSPS) is 10.3. The van der Waals surface area contributed by atoms with E-state index in [1.165, 1.54) is 19.3 Å². The third-order valence-electron chi connectivity index (χ3n) is 1.75. The van der Waals surface area contributed by atoms with Gasteiger partial charge in [0.1, 0.15) is 0 Å². The molecular formula is C8H15N3. The van der Waals surface area contributed by atoms with Gasteiger partial charge in [0, 0.05) is 18.9 Å². The molecule has 0 atom stereocenters. The van der Waals surface area contributed by atoms with E-state index >= 15 is 0 Å². The summed E-state index contributed by atoms with van der Waals surface area (Å²) >= 11 is 0. The van der Waals surface area contributed by atoms with Gasteiger partial charge in [-0.3, -0.25) is 0 Å². The zero-order valence-electron chi connectivity index (χ0n) is 6.95. The lowest BCUT2D eigenvalue weighted by Crippen LogP contribution is -2.02. The molecule has 0 aromatic carbocycles. The molecule has 0 aliphatic rings. The number of imidazole rings is 1. The summed E-state index contributed by atoms with van der Waals surface area (Å²) in [6.45, 7) is 3.19. The molecule has 0 aliphatic heterocycles. The molecule has 0 saturated carbocycles. The van der Waals surface area contributed by atoms with E-state index in [0.29, 0.717) is 5.95 Å². The van der Waals surface area contributed by atoms with Gasteiger partial charge in [0.15, 0.2) is 5.95 Å². The van der Waals surface area contributed by atoms with Crippen molar-refractivity contribution in [3.8, 4) is 0 Å². The van der Waals surface area contributed by atoms with Crippen LogP contribution in [0.3, 0.4) is 0 Å². The van der Waals surface area contributed by atoms with Crippen LogP contribution in [0.5, 0.6) is 0 Å². The van der Waals surface area contributed by atoms with Gasteiger partial charge in [0.2, 0.25) is 0 Å². The van der Waals surface area contributed by atoms with Gasteiger partial charge in [-0.25, -0.2) is 4.98 Å². The maximum absolute atomic E-state index is 5.57. The number of aryl methyl sites for hydroxylation is 1. The first-order valence-corrected chi connectivity index (χ1v) is 4.11. The Morgan fingerprint density at radius 2 is 2.36 bits per heavy atom. The minimum absolute atomic E-state index is 0.626. The van der Waals surface area contributed by atoms with Gasteiger partial charge in [0.25, 0.3) is 0 Å². The van der Waals surface area contributed by atoms with Crippen LogP contribution in [0.15, 0.2) is 12.4 Å². The maximum Gasteiger partial charge on any atom is 0.200 e. The second kappa shape index (κ2) is 4.01. The molecule has 0 fully saturated rings. The summed E-state index contributed by atoms with van der Waals surface area (Å²) in [5.74, 6) is 0.626. The van der Waals surface area contributed by atoms with E-state index in [-0.39, 0.29) is 0 Å². The van der Waals surface area contributed by atoms with Gasteiger partial charge in [0.05, 0.1) is 0 Å². The quantitative estimate of drug-likeness (QED) is 0.668. The van der Waals surface area contributed by atoms with Crippen molar-refractivity contribution in [2.24, 2.45) is 0 Å². The number of nitrogen functional groups attached to an aromatic ring is 1. The van der Waals surface area contributed by atoms with Gasteiger partial charge in [-0.05, 0) is 6.42 Å². The highest BCUT2D eigenvalue weighted by atomic mass is 15.1. The molecule has 2 N–H and O–H groups in total.